The highest BCUT2D eigenvalue weighted by Gasteiger charge is 2.15. The zero-order valence-corrected chi connectivity index (χ0v) is 9.45. The third kappa shape index (κ3) is 2.02. The van der Waals surface area contributed by atoms with Crippen LogP contribution < -0.4 is 0 Å². The second-order valence-electron chi connectivity index (χ2n) is 3.80. The normalized spacial score (nSPS) is 12.9. The molecule has 0 aliphatic rings. The number of fused-ring (bicyclic) bond motifs is 1. The molecular formula is C11H11ClN2O2. The molecule has 1 aromatic carbocycles. The lowest BCUT2D eigenvalue weighted by Gasteiger charge is -2.05. The molecule has 0 saturated heterocycles. The number of rotatable bonds is 3. The Balaban J connectivity index is 2.41. The molecule has 84 valence electrons. The van der Waals surface area contributed by atoms with E-state index in [1.165, 1.54) is 0 Å². The van der Waals surface area contributed by atoms with Gasteiger partial charge in [-0.05, 0) is 18.2 Å². The van der Waals surface area contributed by atoms with Crippen LogP contribution in [0.5, 0.6) is 0 Å². The Morgan fingerprint density at radius 1 is 1.62 bits per heavy atom. The number of nitrogens with one attached hydrogen (secondary N) is 1. The molecule has 0 spiro atoms. The average Bonchev–Trinajstić information content (AvgIpc) is 2.59. The van der Waals surface area contributed by atoms with Crippen molar-refractivity contribution >= 4 is 28.5 Å². The number of hydrogen-bond donors (Lipinski definition) is 2. The van der Waals surface area contributed by atoms with Crippen LogP contribution in [0.25, 0.3) is 10.9 Å². The minimum atomic E-state index is -0.816. The number of H-pyrrole nitrogens is 1. The molecule has 2 aromatic rings. The van der Waals surface area contributed by atoms with E-state index >= 15 is 0 Å². The van der Waals surface area contributed by atoms with Gasteiger partial charge in [-0.15, -0.1) is 0 Å². The lowest BCUT2D eigenvalue weighted by atomic mass is 10.0. The fraction of sp³-hybridized carbons (Fsp3) is 0.273. The summed E-state index contributed by atoms with van der Waals surface area (Å²) in [4.78, 5) is 10.6. The average molecular weight is 239 g/mol. The molecule has 0 aliphatic heterocycles. The number of aromatic nitrogens is 2. The quantitative estimate of drug-likeness (QED) is 0.864. The van der Waals surface area contributed by atoms with Gasteiger partial charge >= 0.3 is 5.97 Å². The largest absolute Gasteiger partial charge is 0.481 e. The summed E-state index contributed by atoms with van der Waals surface area (Å²) in [7, 11) is 0. The van der Waals surface area contributed by atoms with E-state index in [0.29, 0.717) is 5.02 Å². The highest BCUT2D eigenvalue weighted by Crippen LogP contribution is 2.27. The molecule has 5 heteroatoms. The summed E-state index contributed by atoms with van der Waals surface area (Å²) in [6.07, 6.45) is 0.0833. The zero-order chi connectivity index (χ0) is 11.7. The van der Waals surface area contributed by atoms with Gasteiger partial charge < -0.3 is 5.11 Å². The fourth-order valence-corrected chi connectivity index (χ4v) is 1.91. The van der Waals surface area contributed by atoms with Gasteiger partial charge in [-0.2, -0.15) is 5.10 Å². The fourth-order valence-electron chi connectivity index (χ4n) is 1.75. The zero-order valence-electron chi connectivity index (χ0n) is 8.70. The predicted octanol–water partition coefficient (Wildman–Crippen LogP) is 2.79. The van der Waals surface area contributed by atoms with E-state index in [1.807, 2.05) is 13.0 Å². The van der Waals surface area contributed by atoms with Crippen molar-refractivity contribution in [2.45, 2.75) is 19.3 Å². The first-order valence-corrected chi connectivity index (χ1v) is 5.31. The molecule has 1 unspecified atom stereocenters. The van der Waals surface area contributed by atoms with Gasteiger partial charge in [-0.3, -0.25) is 9.89 Å². The van der Waals surface area contributed by atoms with Crippen LogP contribution in [0.2, 0.25) is 5.02 Å². The van der Waals surface area contributed by atoms with Crippen molar-refractivity contribution < 1.29 is 9.90 Å². The molecule has 1 heterocycles. The second-order valence-corrected chi connectivity index (χ2v) is 4.23. The van der Waals surface area contributed by atoms with Crippen LogP contribution in [-0.4, -0.2) is 21.3 Å². The number of aromatic amines is 1. The van der Waals surface area contributed by atoms with Crippen molar-refractivity contribution in [2.75, 3.05) is 0 Å². The summed E-state index contributed by atoms with van der Waals surface area (Å²) >= 11 is 5.84. The minimum Gasteiger partial charge on any atom is -0.481 e. The van der Waals surface area contributed by atoms with E-state index in [1.54, 1.807) is 12.1 Å². The van der Waals surface area contributed by atoms with Crippen LogP contribution in [0.15, 0.2) is 18.2 Å². The highest BCUT2D eigenvalue weighted by molar-refractivity contribution is 6.31. The number of carboxylic acid groups (broad SMARTS) is 1. The highest BCUT2D eigenvalue weighted by atomic mass is 35.5. The summed E-state index contributed by atoms with van der Waals surface area (Å²) < 4.78 is 0. The van der Waals surface area contributed by atoms with Crippen molar-refractivity contribution in [2.24, 2.45) is 0 Å². The van der Waals surface area contributed by atoms with Crippen molar-refractivity contribution in [1.82, 2.24) is 10.2 Å². The number of carboxylic acids is 1. The van der Waals surface area contributed by atoms with Gasteiger partial charge in [0.1, 0.15) is 0 Å². The van der Waals surface area contributed by atoms with E-state index in [2.05, 4.69) is 10.2 Å². The molecule has 0 fully saturated rings. The van der Waals surface area contributed by atoms with Crippen LogP contribution in [0, 0.1) is 0 Å². The van der Waals surface area contributed by atoms with E-state index in [9.17, 15) is 4.79 Å². The second kappa shape index (κ2) is 4.14. The van der Waals surface area contributed by atoms with Crippen molar-refractivity contribution in [1.29, 1.82) is 0 Å². The number of aliphatic carboxylic acids is 1. The first-order valence-electron chi connectivity index (χ1n) is 4.93. The number of carbonyl (C=O) groups is 1. The Morgan fingerprint density at radius 3 is 3.06 bits per heavy atom. The van der Waals surface area contributed by atoms with Crippen molar-refractivity contribution in [3.8, 4) is 0 Å². The molecule has 1 atom stereocenters. The molecule has 2 rings (SSSR count). The lowest BCUT2D eigenvalue weighted by Crippen LogP contribution is -2.03. The maximum Gasteiger partial charge on any atom is 0.304 e. The van der Waals surface area contributed by atoms with E-state index in [-0.39, 0.29) is 12.3 Å². The first kappa shape index (κ1) is 11.0. The Morgan fingerprint density at radius 2 is 2.38 bits per heavy atom. The molecule has 4 nitrogen and oxygen atoms in total. The maximum atomic E-state index is 10.6. The Hall–Kier alpha value is -1.55. The number of nitrogens with zero attached hydrogens (tertiary/aromatic N) is 1. The minimum absolute atomic E-state index is 0.0833. The van der Waals surface area contributed by atoms with Gasteiger partial charge in [-0.1, -0.05) is 18.5 Å². The van der Waals surface area contributed by atoms with Crippen LogP contribution >= 0.6 is 11.6 Å². The Labute approximate surface area is 97.2 Å². The number of benzene rings is 1. The van der Waals surface area contributed by atoms with Crippen molar-refractivity contribution in [3.05, 3.63) is 28.9 Å². The van der Waals surface area contributed by atoms with Gasteiger partial charge in [0.2, 0.25) is 0 Å². The lowest BCUT2D eigenvalue weighted by molar-refractivity contribution is -0.137. The molecule has 16 heavy (non-hydrogen) atoms. The van der Waals surface area contributed by atoms with Crippen LogP contribution in [0.3, 0.4) is 0 Å². The monoisotopic (exact) mass is 238 g/mol. The van der Waals surface area contributed by atoms with Gasteiger partial charge in [0.05, 0.1) is 11.9 Å². The van der Waals surface area contributed by atoms with Crippen molar-refractivity contribution in [3.63, 3.8) is 0 Å². The van der Waals surface area contributed by atoms with Gasteiger partial charge in [0.15, 0.2) is 0 Å². The molecule has 0 saturated carbocycles. The van der Waals surface area contributed by atoms with E-state index < -0.39 is 5.97 Å². The van der Waals surface area contributed by atoms with Gasteiger partial charge in [0, 0.05) is 22.0 Å². The third-order valence-corrected chi connectivity index (χ3v) is 2.76. The molecule has 1 aromatic heterocycles. The smallest absolute Gasteiger partial charge is 0.304 e. The molecular weight excluding hydrogens is 228 g/mol. The molecule has 0 bridgehead atoms. The SMILES string of the molecule is CC(CC(=O)O)c1[nH]nc2cc(Cl)ccc12. The first-order chi connectivity index (χ1) is 7.58. The number of halogens is 1. The predicted molar refractivity (Wildman–Crippen MR) is 61.8 cm³/mol. The maximum absolute atomic E-state index is 10.6. The third-order valence-electron chi connectivity index (χ3n) is 2.52. The summed E-state index contributed by atoms with van der Waals surface area (Å²) in [6.45, 7) is 1.86. The molecule has 0 aliphatic carbocycles. The van der Waals surface area contributed by atoms with E-state index in [4.69, 9.17) is 16.7 Å². The summed E-state index contributed by atoms with van der Waals surface area (Å²) in [5.74, 6) is -0.909. The Bertz CT molecular complexity index is 536. The molecule has 0 amide bonds. The standard InChI is InChI=1S/C11H11ClN2O2/c1-6(4-10(15)16)11-8-3-2-7(12)5-9(8)13-14-11/h2-3,5-6H,4H2,1H3,(H,13,14)(H,15,16). The Kier molecular flexibility index (Phi) is 2.83. The summed E-state index contributed by atoms with van der Waals surface area (Å²) in [5, 5.41) is 17.3. The van der Waals surface area contributed by atoms with Crippen LogP contribution in [-0.2, 0) is 4.79 Å². The summed E-state index contributed by atoms with van der Waals surface area (Å²) in [5.41, 5.74) is 1.61. The molecule has 0 radical (unpaired) electrons. The topological polar surface area (TPSA) is 66.0 Å². The summed E-state index contributed by atoms with van der Waals surface area (Å²) in [6, 6.07) is 5.38. The molecule has 2 N–H and O–H groups in total. The number of hydrogen-bond acceptors (Lipinski definition) is 2. The van der Waals surface area contributed by atoms with Crippen LogP contribution in [0.1, 0.15) is 25.0 Å². The van der Waals surface area contributed by atoms with Gasteiger partial charge in [0.25, 0.3) is 0 Å². The van der Waals surface area contributed by atoms with Crippen LogP contribution in [0.4, 0.5) is 0 Å². The van der Waals surface area contributed by atoms with E-state index in [0.717, 1.165) is 16.6 Å². The van der Waals surface area contributed by atoms with Gasteiger partial charge in [-0.25, -0.2) is 0 Å².